The van der Waals surface area contributed by atoms with Gasteiger partial charge in [0, 0.05) is 26.2 Å². The molecule has 2 heteroatoms. The summed E-state index contributed by atoms with van der Waals surface area (Å²) in [7, 11) is 2.19. The third kappa shape index (κ3) is 2.01. The number of likely N-dealkylation sites (N-methyl/N-ethyl adjacent to an activating group) is 1. The summed E-state index contributed by atoms with van der Waals surface area (Å²) in [5, 5.41) is 3.34. The van der Waals surface area contributed by atoms with Crippen LogP contribution >= 0.6 is 0 Å². The van der Waals surface area contributed by atoms with Gasteiger partial charge < -0.3 is 5.32 Å². The van der Waals surface area contributed by atoms with Crippen LogP contribution in [0.1, 0.15) is 13.3 Å². The Morgan fingerprint density at radius 1 is 1.46 bits per heavy atom. The van der Waals surface area contributed by atoms with Gasteiger partial charge in [-0.3, -0.25) is 4.90 Å². The van der Waals surface area contributed by atoms with Crippen LogP contribution in [0.3, 0.4) is 0 Å². The smallest absolute Gasteiger partial charge is 0.0199 e. The first-order valence-corrected chi connectivity index (χ1v) is 5.00. The van der Waals surface area contributed by atoms with Gasteiger partial charge in [-0.2, -0.15) is 0 Å². The Kier molecular flexibility index (Phi) is 2.51. The van der Waals surface area contributed by atoms with Crippen LogP contribution in [0.2, 0.25) is 0 Å². The maximum absolute atomic E-state index is 3.34. The van der Waals surface area contributed by atoms with Crippen molar-refractivity contribution in [2.75, 3.05) is 33.2 Å². The molecule has 2 heterocycles. The Morgan fingerprint density at radius 2 is 2.31 bits per heavy atom. The lowest BCUT2D eigenvalue weighted by Crippen LogP contribution is -2.14. The number of hydrogen-bond donors (Lipinski definition) is 1. The first-order valence-electron chi connectivity index (χ1n) is 5.00. The number of nitrogens with one attached hydrogen (secondary N) is 1. The van der Waals surface area contributed by atoms with Gasteiger partial charge in [0.2, 0.25) is 0 Å². The molecule has 0 aromatic carbocycles. The minimum Gasteiger partial charge on any atom is -0.310 e. The molecule has 0 spiro atoms. The molecule has 0 saturated carbocycles. The molecule has 72 valence electrons. The molecule has 1 N–H and O–H groups in total. The molecule has 2 aliphatic rings. The van der Waals surface area contributed by atoms with Gasteiger partial charge in [-0.1, -0.05) is 22.8 Å². The average molecular weight is 178 g/mol. The van der Waals surface area contributed by atoms with E-state index in [1.165, 1.54) is 13.0 Å². The molecule has 13 heavy (non-hydrogen) atoms. The lowest BCUT2D eigenvalue weighted by Gasteiger charge is -2.07. The predicted molar refractivity (Wildman–Crippen MR) is 55.8 cm³/mol. The summed E-state index contributed by atoms with van der Waals surface area (Å²) >= 11 is 0. The van der Waals surface area contributed by atoms with E-state index in [2.05, 4.69) is 30.3 Å². The van der Waals surface area contributed by atoms with E-state index in [0.717, 1.165) is 19.6 Å². The van der Waals surface area contributed by atoms with Gasteiger partial charge in [0.1, 0.15) is 0 Å². The standard InChI is InChI=1S/C11H18N2/c1-9-7-13(2)8-11(9)5-10-3-4-12-6-10/h3,12H,4-8H2,1-2H3. The molecule has 0 unspecified atom stereocenters. The minimum absolute atomic E-state index is 1.07. The molecule has 2 nitrogen and oxygen atoms in total. The van der Waals surface area contributed by atoms with E-state index >= 15 is 0 Å². The molecule has 0 fully saturated rings. The van der Waals surface area contributed by atoms with Crippen LogP contribution in [0.4, 0.5) is 0 Å². The van der Waals surface area contributed by atoms with E-state index in [4.69, 9.17) is 0 Å². The Hall–Kier alpha value is -0.600. The highest BCUT2D eigenvalue weighted by Crippen LogP contribution is 2.22. The molecular weight excluding hydrogens is 160 g/mol. The van der Waals surface area contributed by atoms with Crippen molar-refractivity contribution in [2.24, 2.45) is 0 Å². The maximum Gasteiger partial charge on any atom is 0.0199 e. The van der Waals surface area contributed by atoms with Crippen LogP contribution in [0.15, 0.2) is 22.8 Å². The molecular formula is C11H18N2. The second-order valence-electron chi connectivity index (χ2n) is 4.23. The zero-order valence-corrected chi connectivity index (χ0v) is 8.56. The fourth-order valence-corrected chi connectivity index (χ4v) is 2.17. The molecule has 0 saturated heterocycles. The van der Waals surface area contributed by atoms with Gasteiger partial charge in [-0.15, -0.1) is 0 Å². The van der Waals surface area contributed by atoms with Crippen LogP contribution in [-0.2, 0) is 0 Å². The molecule has 2 rings (SSSR count). The third-order valence-corrected chi connectivity index (χ3v) is 2.90. The van der Waals surface area contributed by atoms with Gasteiger partial charge >= 0.3 is 0 Å². The summed E-state index contributed by atoms with van der Waals surface area (Å²) in [6, 6.07) is 0. The molecule has 0 bridgehead atoms. The van der Waals surface area contributed by atoms with Crippen LogP contribution in [0, 0.1) is 0 Å². The van der Waals surface area contributed by atoms with E-state index in [1.807, 2.05) is 0 Å². The highest BCUT2D eigenvalue weighted by molar-refractivity contribution is 5.28. The lowest BCUT2D eigenvalue weighted by molar-refractivity contribution is 0.423. The van der Waals surface area contributed by atoms with Crippen LogP contribution < -0.4 is 5.32 Å². The van der Waals surface area contributed by atoms with E-state index in [-0.39, 0.29) is 0 Å². The summed E-state index contributed by atoms with van der Waals surface area (Å²) in [5.41, 5.74) is 4.79. The van der Waals surface area contributed by atoms with Crippen molar-refractivity contribution in [2.45, 2.75) is 13.3 Å². The summed E-state index contributed by atoms with van der Waals surface area (Å²) < 4.78 is 0. The van der Waals surface area contributed by atoms with Gasteiger partial charge in [0.05, 0.1) is 0 Å². The van der Waals surface area contributed by atoms with Crippen molar-refractivity contribution in [3.05, 3.63) is 22.8 Å². The first kappa shape index (κ1) is 8.97. The van der Waals surface area contributed by atoms with Crippen LogP contribution in [-0.4, -0.2) is 38.1 Å². The van der Waals surface area contributed by atoms with Gasteiger partial charge in [-0.25, -0.2) is 0 Å². The number of nitrogens with zero attached hydrogens (tertiary/aromatic N) is 1. The molecule has 0 atom stereocenters. The molecule has 0 radical (unpaired) electrons. The Balaban J connectivity index is 1.98. The Bertz CT molecular complexity index is 263. The lowest BCUT2D eigenvalue weighted by atomic mass is 10.0. The normalized spacial score (nSPS) is 24.3. The fraction of sp³-hybridized carbons (Fsp3) is 0.636. The number of rotatable bonds is 2. The van der Waals surface area contributed by atoms with Gasteiger partial charge in [-0.05, 0) is 20.4 Å². The zero-order valence-electron chi connectivity index (χ0n) is 8.56. The first-order chi connectivity index (χ1) is 6.25. The summed E-state index contributed by atoms with van der Waals surface area (Å²) in [6.45, 7) is 6.76. The molecule has 0 amide bonds. The molecule has 2 aliphatic heterocycles. The highest BCUT2D eigenvalue weighted by Gasteiger charge is 2.17. The summed E-state index contributed by atoms with van der Waals surface area (Å²) in [6.07, 6.45) is 3.53. The van der Waals surface area contributed by atoms with Crippen molar-refractivity contribution >= 4 is 0 Å². The summed E-state index contributed by atoms with van der Waals surface area (Å²) in [4.78, 5) is 2.38. The zero-order chi connectivity index (χ0) is 9.26. The molecule has 0 aliphatic carbocycles. The van der Waals surface area contributed by atoms with Crippen molar-refractivity contribution in [1.82, 2.24) is 10.2 Å². The monoisotopic (exact) mass is 178 g/mol. The van der Waals surface area contributed by atoms with E-state index in [9.17, 15) is 0 Å². The predicted octanol–water partition coefficient (Wildman–Crippen LogP) is 1.17. The highest BCUT2D eigenvalue weighted by atomic mass is 15.1. The number of hydrogen-bond acceptors (Lipinski definition) is 2. The second-order valence-corrected chi connectivity index (χ2v) is 4.23. The topological polar surface area (TPSA) is 15.3 Å². The largest absolute Gasteiger partial charge is 0.310 e. The fourth-order valence-electron chi connectivity index (χ4n) is 2.17. The van der Waals surface area contributed by atoms with Gasteiger partial charge in [0.15, 0.2) is 0 Å². The van der Waals surface area contributed by atoms with Crippen molar-refractivity contribution in [3.63, 3.8) is 0 Å². The van der Waals surface area contributed by atoms with E-state index < -0.39 is 0 Å². The van der Waals surface area contributed by atoms with Crippen LogP contribution in [0.25, 0.3) is 0 Å². The Morgan fingerprint density at radius 3 is 2.85 bits per heavy atom. The van der Waals surface area contributed by atoms with Crippen molar-refractivity contribution in [3.8, 4) is 0 Å². The quantitative estimate of drug-likeness (QED) is 0.638. The van der Waals surface area contributed by atoms with Crippen molar-refractivity contribution in [1.29, 1.82) is 0 Å². The van der Waals surface area contributed by atoms with Crippen LogP contribution in [0.5, 0.6) is 0 Å². The minimum atomic E-state index is 1.07. The van der Waals surface area contributed by atoms with E-state index in [1.54, 1.807) is 16.7 Å². The maximum atomic E-state index is 3.34. The van der Waals surface area contributed by atoms with Gasteiger partial charge in [0.25, 0.3) is 0 Å². The second kappa shape index (κ2) is 3.64. The summed E-state index contributed by atoms with van der Waals surface area (Å²) in [5.74, 6) is 0. The van der Waals surface area contributed by atoms with E-state index in [0.29, 0.717) is 0 Å². The SMILES string of the molecule is CC1=C(CC2=CCNC2)CN(C)C1. The van der Waals surface area contributed by atoms with Crippen molar-refractivity contribution < 1.29 is 0 Å². The molecule has 0 aromatic rings. The average Bonchev–Trinajstić information content (AvgIpc) is 2.63. The molecule has 0 aromatic heterocycles. The third-order valence-electron chi connectivity index (χ3n) is 2.90. The Labute approximate surface area is 80.3 Å².